The Kier molecular flexibility index (Phi) is 4.69. The molecule has 1 atom stereocenters. The van der Waals surface area contributed by atoms with Crippen LogP contribution in [0.3, 0.4) is 0 Å². The molecule has 4 rings (SSSR count). The molecule has 1 unspecified atom stereocenters. The van der Waals surface area contributed by atoms with Gasteiger partial charge >= 0.3 is 0 Å². The van der Waals surface area contributed by atoms with Crippen molar-refractivity contribution in [3.05, 3.63) is 29.8 Å². The van der Waals surface area contributed by atoms with Crippen LogP contribution < -0.4 is 4.90 Å². The summed E-state index contributed by atoms with van der Waals surface area (Å²) in [5, 5.41) is 11.7. The summed E-state index contributed by atoms with van der Waals surface area (Å²) in [6.45, 7) is 6.26. The van der Waals surface area contributed by atoms with Crippen LogP contribution in [0, 0.1) is 11.3 Å². The van der Waals surface area contributed by atoms with Crippen LogP contribution >= 0.6 is 12.4 Å². The highest BCUT2D eigenvalue weighted by Gasteiger charge is 2.50. The Bertz CT molecular complexity index is 636. The number of hydrogen-bond donors (Lipinski definition) is 1. The third kappa shape index (κ3) is 2.86. The van der Waals surface area contributed by atoms with Crippen LogP contribution in [-0.2, 0) is 5.60 Å². The summed E-state index contributed by atoms with van der Waals surface area (Å²) in [7, 11) is 0. The van der Waals surface area contributed by atoms with Crippen molar-refractivity contribution >= 4 is 23.9 Å². The van der Waals surface area contributed by atoms with E-state index in [-0.39, 0.29) is 17.8 Å². The monoisotopic (exact) mass is 348 g/mol. The minimum absolute atomic E-state index is 0. The quantitative estimate of drug-likeness (QED) is 0.852. The molecular formula is C20H29ClN2O. The van der Waals surface area contributed by atoms with Gasteiger partial charge in [0, 0.05) is 29.8 Å². The summed E-state index contributed by atoms with van der Waals surface area (Å²) in [6, 6.07) is 8.37. The van der Waals surface area contributed by atoms with Crippen LogP contribution in [0.25, 0.3) is 0 Å². The lowest BCUT2D eigenvalue weighted by molar-refractivity contribution is 0.0740. The van der Waals surface area contributed by atoms with Crippen LogP contribution in [0.1, 0.15) is 57.9 Å². The van der Waals surface area contributed by atoms with Crippen LogP contribution in [0.4, 0.5) is 5.69 Å². The molecule has 1 fully saturated rings. The van der Waals surface area contributed by atoms with Gasteiger partial charge in [0.15, 0.2) is 0 Å². The number of aliphatic hydroxyl groups is 1. The van der Waals surface area contributed by atoms with Crippen molar-refractivity contribution < 1.29 is 5.11 Å². The molecular weight excluding hydrogens is 320 g/mol. The minimum atomic E-state index is -0.880. The van der Waals surface area contributed by atoms with E-state index in [0.29, 0.717) is 5.92 Å². The standard InChI is InChI=1S/C20H28N2O.ClH/c1-19(2)13-21-18-20(23,12-15-8-4-3-5-9-15)16-10-6-7-11-17(16)22(18)14-19;/h6-7,10-11,15,23H,3-5,8-9,12-14H2,1-2H3;1H. The molecule has 0 bridgehead atoms. The number of nitrogens with zero attached hydrogens (tertiary/aromatic N) is 2. The van der Waals surface area contributed by atoms with Gasteiger partial charge in [-0.2, -0.15) is 0 Å². The fourth-order valence-corrected chi connectivity index (χ4v) is 4.67. The van der Waals surface area contributed by atoms with E-state index in [9.17, 15) is 5.11 Å². The molecule has 1 saturated carbocycles. The highest BCUT2D eigenvalue weighted by molar-refractivity contribution is 6.10. The van der Waals surface area contributed by atoms with E-state index in [1.165, 1.54) is 32.1 Å². The number of rotatable bonds is 2. The van der Waals surface area contributed by atoms with Gasteiger partial charge in [0.2, 0.25) is 0 Å². The molecule has 1 aliphatic carbocycles. The zero-order valence-electron chi connectivity index (χ0n) is 14.8. The Morgan fingerprint density at radius 2 is 1.88 bits per heavy atom. The third-order valence-corrected chi connectivity index (χ3v) is 5.82. The molecule has 2 aliphatic heterocycles. The van der Waals surface area contributed by atoms with E-state index in [0.717, 1.165) is 36.6 Å². The summed E-state index contributed by atoms with van der Waals surface area (Å²) in [5.74, 6) is 1.53. The van der Waals surface area contributed by atoms with E-state index in [4.69, 9.17) is 4.99 Å². The van der Waals surface area contributed by atoms with Crippen LogP contribution in [0.2, 0.25) is 0 Å². The highest BCUT2D eigenvalue weighted by Crippen LogP contribution is 2.48. The molecule has 3 nitrogen and oxygen atoms in total. The van der Waals surface area contributed by atoms with Gasteiger partial charge in [-0.1, -0.05) is 64.2 Å². The van der Waals surface area contributed by atoms with E-state index in [1.54, 1.807) is 0 Å². The van der Waals surface area contributed by atoms with Gasteiger partial charge in [0.05, 0.1) is 0 Å². The summed E-state index contributed by atoms with van der Waals surface area (Å²) < 4.78 is 0. The Hall–Kier alpha value is -1.06. The molecule has 0 spiro atoms. The Balaban J connectivity index is 0.00000169. The Morgan fingerprint density at radius 1 is 1.17 bits per heavy atom. The number of hydrogen-bond acceptors (Lipinski definition) is 3. The van der Waals surface area contributed by atoms with Gasteiger partial charge in [0.25, 0.3) is 0 Å². The largest absolute Gasteiger partial charge is 0.377 e. The normalized spacial score (nSPS) is 28.6. The molecule has 1 aromatic carbocycles. The molecule has 0 radical (unpaired) electrons. The van der Waals surface area contributed by atoms with Crippen molar-refractivity contribution in [1.82, 2.24) is 0 Å². The second kappa shape index (κ2) is 6.34. The molecule has 0 aromatic heterocycles. The van der Waals surface area contributed by atoms with Crippen molar-refractivity contribution in [2.45, 2.75) is 58.0 Å². The fraction of sp³-hybridized carbons (Fsp3) is 0.650. The highest BCUT2D eigenvalue weighted by atomic mass is 35.5. The minimum Gasteiger partial charge on any atom is -0.377 e. The SMILES string of the molecule is CC1(C)CN=C2N(C1)c1ccccc1C2(O)CC1CCCCC1.Cl. The van der Waals surface area contributed by atoms with Crippen molar-refractivity contribution in [3.8, 4) is 0 Å². The summed E-state index contributed by atoms with van der Waals surface area (Å²) in [5.41, 5.74) is 1.52. The molecule has 1 aromatic rings. The molecule has 0 saturated heterocycles. The first-order chi connectivity index (χ1) is 11.0. The number of halogens is 1. The first-order valence-electron chi connectivity index (χ1n) is 9.14. The first kappa shape index (κ1) is 17.8. The average Bonchev–Trinajstić information content (AvgIpc) is 2.77. The van der Waals surface area contributed by atoms with E-state index in [1.807, 2.05) is 0 Å². The van der Waals surface area contributed by atoms with E-state index < -0.39 is 5.60 Å². The second-order valence-corrected chi connectivity index (χ2v) is 8.48. The topological polar surface area (TPSA) is 35.8 Å². The Morgan fingerprint density at radius 3 is 2.62 bits per heavy atom. The number of benzene rings is 1. The molecule has 3 aliphatic rings. The van der Waals surface area contributed by atoms with Gasteiger partial charge in [-0.3, -0.25) is 4.99 Å². The number of fused-ring (bicyclic) bond motifs is 3. The lowest BCUT2D eigenvalue weighted by atomic mass is 9.78. The average molecular weight is 349 g/mol. The lowest BCUT2D eigenvalue weighted by Gasteiger charge is -2.39. The summed E-state index contributed by atoms with van der Waals surface area (Å²) in [4.78, 5) is 7.15. The van der Waals surface area contributed by atoms with Crippen molar-refractivity contribution in [2.75, 3.05) is 18.0 Å². The summed E-state index contributed by atoms with van der Waals surface area (Å²) >= 11 is 0. The van der Waals surface area contributed by atoms with Gasteiger partial charge in [0.1, 0.15) is 11.4 Å². The fourth-order valence-electron chi connectivity index (χ4n) is 4.67. The maximum Gasteiger partial charge on any atom is 0.149 e. The van der Waals surface area contributed by atoms with Crippen LogP contribution in [-0.4, -0.2) is 24.0 Å². The smallest absolute Gasteiger partial charge is 0.149 e. The van der Waals surface area contributed by atoms with Crippen molar-refractivity contribution in [3.63, 3.8) is 0 Å². The number of para-hydroxylation sites is 1. The van der Waals surface area contributed by atoms with Crippen molar-refractivity contribution in [1.29, 1.82) is 0 Å². The molecule has 1 N–H and O–H groups in total. The molecule has 132 valence electrons. The van der Waals surface area contributed by atoms with Gasteiger partial charge in [-0.25, -0.2) is 0 Å². The van der Waals surface area contributed by atoms with Gasteiger partial charge < -0.3 is 10.0 Å². The summed E-state index contributed by atoms with van der Waals surface area (Å²) in [6.07, 6.45) is 7.32. The number of anilines is 1. The molecule has 24 heavy (non-hydrogen) atoms. The number of amidine groups is 1. The predicted octanol–water partition coefficient (Wildman–Crippen LogP) is 4.52. The lowest BCUT2D eigenvalue weighted by Crippen LogP contribution is -2.49. The molecule has 2 heterocycles. The van der Waals surface area contributed by atoms with Crippen LogP contribution in [0.5, 0.6) is 0 Å². The van der Waals surface area contributed by atoms with Gasteiger partial charge in [-0.05, 0) is 18.4 Å². The van der Waals surface area contributed by atoms with E-state index in [2.05, 4.69) is 43.0 Å². The first-order valence-corrected chi connectivity index (χ1v) is 9.14. The zero-order valence-corrected chi connectivity index (χ0v) is 15.6. The maximum absolute atomic E-state index is 11.7. The van der Waals surface area contributed by atoms with Gasteiger partial charge in [-0.15, -0.1) is 12.4 Å². The second-order valence-electron chi connectivity index (χ2n) is 8.48. The van der Waals surface area contributed by atoms with Crippen LogP contribution in [0.15, 0.2) is 29.3 Å². The third-order valence-electron chi connectivity index (χ3n) is 5.82. The molecule has 4 heteroatoms. The Labute approximate surface area is 151 Å². The predicted molar refractivity (Wildman–Crippen MR) is 102 cm³/mol. The zero-order chi connectivity index (χ0) is 16.1. The number of aliphatic imine (C=N–C) groups is 1. The molecule has 0 amide bonds. The van der Waals surface area contributed by atoms with E-state index >= 15 is 0 Å². The van der Waals surface area contributed by atoms with Crippen molar-refractivity contribution in [2.24, 2.45) is 16.3 Å². The maximum atomic E-state index is 11.7.